The number of nitrogens with zero attached hydrogens (tertiary/aromatic N) is 1. The minimum atomic E-state index is -0.638. The van der Waals surface area contributed by atoms with E-state index in [1.54, 1.807) is 24.2 Å². The Bertz CT molecular complexity index is 380. The van der Waals surface area contributed by atoms with Crippen molar-refractivity contribution < 1.29 is 14.6 Å². The monoisotopic (exact) mass is 269 g/mol. The van der Waals surface area contributed by atoms with Crippen molar-refractivity contribution in [3.8, 4) is 5.75 Å². The summed E-state index contributed by atoms with van der Waals surface area (Å²) in [5, 5.41) is 10.3. The Hall–Kier alpha value is -0.780. The second-order valence-corrected chi connectivity index (χ2v) is 5.70. The SMILES string of the molecule is CC(C)Oc1cncc(C(O)C2CSCCO2)c1. The Morgan fingerprint density at radius 3 is 3.00 bits per heavy atom. The van der Waals surface area contributed by atoms with E-state index < -0.39 is 6.10 Å². The number of hydrogen-bond donors (Lipinski definition) is 1. The first-order chi connectivity index (χ1) is 8.66. The molecule has 0 aliphatic carbocycles. The normalized spacial score (nSPS) is 21.9. The lowest BCUT2D eigenvalue weighted by Crippen LogP contribution is -2.29. The number of aliphatic hydroxyl groups is 1. The second-order valence-electron chi connectivity index (χ2n) is 4.55. The highest BCUT2D eigenvalue weighted by atomic mass is 32.2. The fraction of sp³-hybridized carbons (Fsp3) is 0.615. The standard InChI is InChI=1S/C13H19NO3S/c1-9(2)17-11-5-10(6-14-7-11)13(15)12-8-18-4-3-16-12/h5-7,9,12-13,15H,3-4,8H2,1-2H3. The molecule has 1 N–H and O–H groups in total. The zero-order valence-corrected chi connectivity index (χ0v) is 11.5. The van der Waals surface area contributed by atoms with Crippen LogP contribution in [0.1, 0.15) is 25.5 Å². The van der Waals surface area contributed by atoms with E-state index >= 15 is 0 Å². The lowest BCUT2D eigenvalue weighted by atomic mass is 10.1. The van der Waals surface area contributed by atoms with Crippen molar-refractivity contribution in [2.24, 2.45) is 0 Å². The van der Waals surface area contributed by atoms with E-state index in [9.17, 15) is 5.11 Å². The molecule has 0 saturated carbocycles. The minimum Gasteiger partial charge on any atom is -0.489 e. The van der Waals surface area contributed by atoms with E-state index in [0.717, 1.165) is 17.1 Å². The summed E-state index contributed by atoms with van der Waals surface area (Å²) in [5.41, 5.74) is 0.751. The van der Waals surface area contributed by atoms with Crippen molar-refractivity contribution >= 4 is 11.8 Å². The van der Waals surface area contributed by atoms with Crippen molar-refractivity contribution in [3.05, 3.63) is 24.0 Å². The molecule has 1 aliphatic heterocycles. The molecule has 2 rings (SSSR count). The molecule has 2 atom stereocenters. The predicted octanol–water partition coefficient (Wildman–Crippen LogP) is 2.03. The first-order valence-corrected chi connectivity index (χ1v) is 7.31. The van der Waals surface area contributed by atoms with Crippen LogP contribution in [0.4, 0.5) is 0 Å². The fourth-order valence-electron chi connectivity index (χ4n) is 1.84. The van der Waals surface area contributed by atoms with Gasteiger partial charge in [0.2, 0.25) is 0 Å². The van der Waals surface area contributed by atoms with Gasteiger partial charge in [-0.2, -0.15) is 11.8 Å². The summed E-state index contributed by atoms with van der Waals surface area (Å²) in [6, 6.07) is 1.83. The van der Waals surface area contributed by atoms with Gasteiger partial charge in [-0.25, -0.2) is 0 Å². The Balaban J connectivity index is 2.06. The van der Waals surface area contributed by atoms with Gasteiger partial charge < -0.3 is 14.6 Å². The summed E-state index contributed by atoms with van der Waals surface area (Å²) in [7, 11) is 0. The van der Waals surface area contributed by atoms with E-state index in [-0.39, 0.29) is 12.2 Å². The third-order valence-corrected chi connectivity index (χ3v) is 3.66. The third-order valence-electron chi connectivity index (χ3n) is 2.64. The molecule has 1 fully saturated rings. The highest BCUT2D eigenvalue weighted by molar-refractivity contribution is 7.99. The Morgan fingerprint density at radius 1 is 1.50 bits per heavy atom. The molecular formula is C13H19NO3S. The number of pyridine rings is 1. The molecule has 1 aromatic heterocycles. The number of ether oxygens (including phenoxy) is 2. The molecule has 0 radical (unpaired) electrons. The minimum absolute atomic E-state index is 0.0979. The maximum Gasteiger partial charge on any atom is 0.138 e. The summed E-state index contributed by atoms with van der Waals surface area (Å²) in [6.07, 6.45) is 2.63. The zero-order valence-electron chi connectivity index (χ0n) is 10.7. The summed E-state index contributed by atoms with van der Waals surface area (Å²) >= 11 is 1.80. The van der Waals surface area contributed by atoms with Crippen molar-refractivity contribution in [2.45, 2.75) is 32.2 Å². The molecule has 0 amide bonds. The van der Waals surface area contributed by atoms with Crippen LogP contribution in [0.2, 0.25) is 0 Å². The van der Waals surface area contributed by atoms with Crippen LogP contribution in [0.5, 0.6) is 5.75 Å². The first-order valence-electron chi connectivity index (χ1n) is 6.16. The highest BCUT2D eigenvalue weighted by Gasteiger charge is 2.24. The van der Waals surface area contributed by atoms with Crippen LogP contribution in [-0.4, -0.2) is 40.4 Å². The van der Waals surface area contributed by atoms with Crippen molar-refractivity contribution in [3.63, 3.8) is 0 Å². The van der Waals surface area contributed by atoms with Crippen molar-refractivity contribution in [2.75, 3.05) is 18.1 Å². The molecular weight excluding hydrogens is 250 g/mol. The van der Waals surface area contributed by atoms with E-state index in [1.165, 1.54) is 0 Å². The molecule has 0 spiro atoms. The van der Waals surface area contributed by atoms with Gasteiger partial charge in [-0.05, 0) is 19.9 Å². The van der Waals surface area contributed by atoms with E-state index in [0.29, 0.717) is 12.4 Å². The van der Waals surface area contributed by atoms with Gasteiger partial charge in [0.15, 0.2) is 0 Å². The molecule has 2 unspecified atom stereocenters. The largest absolute Gasteiger partial charge is 0.489 e. The smallest absolute Gasteiger partial charge is 0.138 e. The van der Waals surface area contributed by atoms with Gasteiger partial charge in [0.25, 0.3) is 0 Å². The van der Waals surface area contributed by atoms with Crippen LogP contribution >= 0.6 is 11.8 Å². The number of hydrogen-bond acceptors (Lipinski definition) is 5. The first kappa shape index (κ1) is 13.6. The van der Waals surface area contributed by atoms with E-state index in [1.807, 2.05) is 19.9 Å². The van der Waals surface area contributed by atoms with Gasteiger partial charge in [-0.15, -0.1) is 0 Å². The molecule has 0 aromatic carbocycles. The van der Waals surface area contributed by atoms with Crippen LogP contribution in [0.25, 0.3) is 0 Å². The average Bonchev–Trinajstić information content (AvgIpc) is 2.38. The quantitative estimate of drug-likeness (QED) is 0.906. The maximum atomic E-state index is 10.3. The Labute approximate surface area is 112 Å². The summed E-state index contributed by atoms with van der Waals surface area (Å²) in [6.45, 7) is 4.62. The van der Waals surface area contributed by atoms with Gasteiger partial charge in [0.1, 0.15) is 11.9 Å². The molecule has 1 saturated heterocycles. The number of aromatic nitrogens is 1. The Morgan fingerprint density at radius 2 is 2.33 bits per heavy atom. The lowest BCUT2D eigenvalue weighted by molar-refractivity contribution is -0.0229. The van der Waals surface area contributed by atoms with Gasteiger partial charge in [-0.3, -0.25) is 4.98 Å². The molecule has 1 aromatic rings. The molecule has 0 bridgehead atoms. The van der Waals surface area contributed by atoms with Gasteiger partial charge in [0, 0.05) is 23.3 Å². The molecule has 4 nitrogen and oxygen atoms in total. The van der Waals surface area contributed by atoms with Crippen LogP contribution in [0.3, 0.4) is 0 Å². The molecule has 2 heterocycles. The van der Waals surface area contributed by atoms with Crippen LogP contribution in [0, 0.1) is 0 Å². The molecule has 100 valence electrons. The van der Waals surface area contributed by atoms with Crippen molar-refractivity contribution in [1.82, 2.24) is 4.98 Å². The highest BCUT2D eigenvalue weighted by Crippen LogP contribution is 2.27. The van der Waals surface area contributed by atoms with Crippen LogP contribution < -0.4 is 4.74 Å². The van der Waals surface area contributed by atoms with Crippen molar-refractivity contribution in [1.29, 1.82) is 0 Å². The van der Waals surface area contributed by atoms with E-state index in [2.05, 4.69) is 4.98 Å². The number of thioether (sulfide) groups is 1. The maximum absolute atomic E-state index is 10.3. The molecule has 1 aliphatic rings. The predicted molar refractivity (Wildman–Crippen MR) is 72.0 cm³/mol. The molecule has 5 heteroatoms. The average molecular weight is 269 g/mol. The van der Waals surface area contributed by atoms with Crippen LogP contribution in [0.15, 0.2) is 18.5 Å². The number of aliphatic hydroxyl groups excluding tert-OH is 1. The third kappa shape index (κ3) is 3.60. The Kier molecular flexibility index (Phi) is 4.86. The topological polar surface area (TPSA) is 51.6 Å². The van der Waals surface area contributed by atoms with Gasteiger partial charge in [-0.1, -0.05) is 0 Å². The lowest BCUT2D eigenvalue weighted by Gasteiger charge is -2.27. The summed E-state index contributed by atoms with van der Waals surface area (Å²) in [4.78, 5) is 4.11. The summed E-state index contributed by atoms with van der Waals surface area (Å²) in [5.74, 6) is 2.50. The fourth-order valence-corrected chi connectivity index (χ4v) is 2.73. The zero-order chi connectivity index (χ0) is 13.0. The second kappa shape index (κ2) is 6.41. The van der Waals surface area contributed by atoms with Gasteiger partial charge in [0.05, 0.1) is 25.0 Å². The van der Waals surface area contributed by atoms with E-state index in [4.69, 9.17) is 9.47 Å². The summed E-state index contributed by atoms with van der Waals surface area (Å²) < 4.78 is 11.1. The van der Waals surface area contributed by atoms with Gasteiger partial charge >= 0.3 is 0 Å². The number of rotatable bonds is 4. The molecule has 18 heavy (non-hydrogen) atoms. The van der Waals surface area contributed by atoms with Crippen LogP contribution in [-0.2, 0) is 4.74 Å².